The van der Waals surface area contributed by atoms with E-state index in [-0.39, 0.29) is 12.0 Å². The van der Waals surface area contributed by atoms with Gasteiger partial charge in [0, 0.05) is 19.3 Å². The Bertz CT molecular complexity index is 612. The summed E-state index contributed by atoms with van der Waals surface area (Å²) in [7, 11) is 0. The van der Waals surface area contributed by atoms with Gasteiger partial charge in [-0.15, -0.1) is 0 Å². The predicted molar refractivity (Wildman–Crippen MR) is 71.1 cm³/mol. The van der Waals surface area contributed by atoms with E-state index in [9.17, 15) is 9.90 Å². The average molecular weight is 259 g/mol. The Morgan fingerprint density at radius 1 is 1.37 bits per heavy atom. The van der Waals surface area contributed by atoms with Crippen molar-refractivity contribution in [1.82, 2.24) is 14.3 Å². The number of hydrogen-bond donors (Lipinski definition) is 1. The molecule has 0 aliphatic carbocycles. The third-order valence-electron chi connectivity index (χ3n) is 3.62. The van der Waals surface area contributed by atoms with Crippen LogP contribution in [0.15, 0.2) is 24.5 Å². The molecular formula is C14H17N3O2. The highest BCUT2D eigenvalue weighted by Gasteiger charge is 2.24. The SMILES string of the molecule is Cc1ccc2ncc(C(=O)N3CCC(O)CC3)n2c1. The van der Waals surface area contributed by atoms with Crippen molar-refractivity contribution in [3.63, 3.8) is 0 Å². The molecule has 0 aromatic carbocycles. The van der Waals surface area contributed by atoms with Crippen molar-refractivity contribution in [2.45, 2.75) is 25.9 Å². The standard InChI is InChI=1S/C14H17N3O2/c1-10-2-3-13-15-8-12(17(13)9-10)14(19)16-6-4-11(18)5-7-16/h2-3,8-9,11,18H,4-7H2,1H3. The summed E-state index contributed by atoms with van der Waals surface area (Å²) in [5, 5.41) is 9.49. The number of nitrogens with zero attached hydrogens (tertiary/aromatic N) is 3. The van der Waals surface area contributed by atoms with Crippen LogP contribution in [0.2, 0.25) is 0 Å². The minimum Gasteiger partial charge on any atom is -0.393 e. The molecule has 1 N–H and O–H groups in total. The Morgan fingerprint density at radius 3 is 2.84 bits per heavy atom. The molecular weight excluding hydrogens is 242 g/mol. The second-order valence-corrected chi connectivity index (χ2v) is 5.10. The Balaban J connectivity index is 1.91. The lowest BCUT2D eigenvalue weighted by molar-refractivity contribution is 0.0540. The van der Waals surface area contributed by atoms with Gasteiger partial charge in [-0.2, -0.15) is 0 Å². The first-order chi connectivity index (χ1) is 9.15. The van der Waals surface area contributed by atoms with Crippen LogP contribution in [0.4, 0.5) is 0 Å². The Hall–Kier alpha value is -1.88. The van der Waals surface area contributed by atoms with E-state index >= 15 is 0 Å². The van der Waals surface area contributed by atoms with Crippen LogP contribution in [0.5, 0.6) is 0 Å². The maximum absolute atomic E-state index is 12.5. The lowest BCUT2D eigenvalue weighted by Crippen LogP contribution is -2.40. The fourth-order valence-electron chi connectivity index (χ4n) is 2.48. The largest absolute Gasteiger partial charge is 0.393 e. The van der Waals surface area contributed by atoms with Crippen LogP contribution in [0, 0.1) is 6.92 Å². The second kappa shape index (κ2) is 4.66. The number of imidazole rings is 1. The first kappa shape index (κ1) is 12.2. The number of carbonyl (C=O) groups excluding carboxylic acids is 1. The molecule has 1 fully saturated rings. The van der Waals surface area contributed by atoms with E-state index in [1.807, 2.05) is 29.7 Å². The van der Waals surface area contributed by atoms with Crippen molar-refractivity contribution in [2.24, 2.45) is 0 Å². The van der Waals surface area contributed by atoms with Gasteiger partial charge in [-0.1, -0.05) is 6.07 Å². The van der Waals surface area contributed by atoms with E-state index in [0.29, 0.717) is 31.6 Å². The summed E-state index contributed by atoms with van der Waals surface area (Å²) in [6.07, 6.45) is 4.59. The topological polar surface area (TPSA) is 57.8 Å². The van der Waals surface area contributed by atoms with Crippen molar-refractivity contribution in [1.29, 1.82) is 0 Å². The summed E-state index contributed by atoms with van der Waals surface area (Å²) >= 11 is 0. The van der Waals surface area contributed by atoms with E-state index in [2.05, 4.69) is 4.98 Å². The van der Waals surface area contributed by atoms with Gasteiger partial charge in [-0.25, -0.2) is 4.98 Å². The van der Waals surface area contributed by atoms with Crippen molar-refractivity contribution in [2.75, 3.05) is 13.1 Å². The molecule has 1 saturated heterocycles. The van der Waals surface area contributed by atoms with Crippen molar-refractivity contribution in [3.05, 3.63) is 35.8 Å². The number of aliphatic hydroxyl groups is 1. The lowest BCUT2D eigenvalue weighted by Gasteiger charge is -2.29. The molecule has 3 rings (SSSR count). The average Bonchev–Trinajstić information content (AvgIpc) is 2.81. The molecule has 0 spiro atoms. The number of fused-ring (bicyclic) bond motifs is 1. The number of carbonyl (C=O) groups is 1. The normalized spacial score (nSPS) is 17.1. The van der Waals surface area contributed by atoms with E-state index in [4.69, 9.17) is 0 Å². The monoisotopic (exact) mass is 259 g/mol. The van der Waals surface area contributed by atoms with Gasteiger partial charge in [0.05, 0.1) is 12.3 Å². The summed E-state index contributed by atoms with van der Waals surface area (Å²) in [6.45, 7) is 3.21. The number of aryl methyl sites for hydroxylation is 1. The summed E-state index contributed by atoms with van der Waals surface area (Å²) in [5.74, 6) is -0.00926. The van der Waals surface area contributed by atoms with Crippen LogP contribution in [0.25, 0.3) is 5.65 Å². The molecule has 0 saturated carbocycles. The van der Waals surface area contributed by atoms with Gasteiger partial charge in [0.25, 0.3) is 5.91 Å². The van der Waals surface area contributed by atoms with Crippen LogP contribution in [0.1, 0.15) is 28.9 Å². The summed E-state index contributed by atoms with van der Waals surface area (Å²) in [4.78, 5) is 18.5. The number of rotatable bonds is 1. The Morgan fingerprint density at radius 2 is 2.11 bits per heavy atom. The molecule has 19 heavy (non-hydrogen) atoms. The molecule has 1 amide bonds. The number of piperidine rings is 1. The predicted octanol–water partition coefficient (Wildman–Crippen LogP) is 1.24. The molecule has 2 aromatic heterocycles. The molecule has 0 bridgehead atoms. The van der Waals surface area contributed by atoms with Crippen LogP contribution in [0.3, 0.4) is 0 Å². The van der Waals surface area contributed by atoms with Gasteiger partial charge >= 0.3 is 0 Å². The highest BCUT2D eigenvalue weighted by Crippen LogP contribution is 2.15. The van der Waals surface area contributed by atoms with E-state index in [0.717, 1.165) is 11.2 Å². The fourth-order valence-corrected chi connectivity index (χ4v) is 2.48. The van der Waals surface area contributed by atoms with Gasteiger partial charge in [-0.05, 0) is 31.4 Å². The van der Waals surface area contributed by atoms with Crippen LogP contribution < -0.4 is 0 Å². The Kier molecular flexibility index (Phi) is 2.98. The van der Waals surface area contributed by atoms with Crippen molar-refractivity contribution < 1.29 is 9.90 Å². The maximum atomic E-state index is 12.5. The first-order valence-electron chi connectivity index (χ1n) is 6.56. The molecule has 5 nitrogen and oxygen atoms in total. The summed E-state index contributed by atoms with van der Waals surface area (Å²) in [5.41, 5.74) is 2.47. The number of aliphatic hydroxyl groups excluding tert-OH is 1. The van der Waals surface area contributed by atoms with Crippen LogP contribution in [-0.2, 0) is 0 Å². The molecule has 1 aliphatic heterocycles. The van der Waals surface area contributed by atoms with Crippen molar-refractivity contribution >= 4 is 11.6 Å². The van der Waals surface area contributed by atoms with Gasteiger partial charge in [0.1, 0.15) is 11.3 Å². The van der Waals surface area contributed by atoms with Gasteiger partial charge < -0.3 is 10.0 Å². The molecule has 2 aromatic rings. The van der Waals surface area contributed by atoms with Gasteiger partial charge in [0.15, 0.2) is 0 Å². The molecule has 3 heterocycles. The van der Waals surface area contributed by atoms with E-state index in [1.54, 1.807) is 11.1 Å². The molecule has 5 heteroatoms. The number of likely N-dealkylation sites (tertiary alicyclic amines) is 1. The summed E-state index contributed by atoms with van der Waals surface area (Å²) in [6, 6.07) is 3.89. The van der Waals surface area contributed by atoms with Crippen LogP contribution in [-0.4, -0.2) is 44.5 Å². The van der Waals surface area contributed by atoms with Gasteiger partial charge in [0.2, 0.25) is 0 Å². The second-order valence-electron chi connectivity index (χ2n) is 5.10. The van der Waals surface area contributed by atoms with Gasteiger partial charge in [-0.3, -0.25) is 9.20 Å². The molecule has 0 unspecified atom stereocenters. The molecule has 0 atom stereocenters. The van der Waals surface area contributed by atoms with Crippen molar-refractivity contribution in [3.8, 4) is 0 Å². The number of hydrogen-bond acceptors (Lipinski definition) is 3. The zero-order valence-electron chi connectivity index (χ0n) is 10.9. The molecule has 100 valence electrons. The lowest BCUT2D eigenvalue weighted by atomic mass is 10.1. The third-order valence-corrected chi connectivity index (χ3v) is 3.62. The number of amides is 1. The minimum absolute atomic E-state index is 0.00926. The minimum atomic E-state index is -0.270. The number of pyridine rings is 1. The molecule has 1 aliphatic rings. The molecule has 0 radical (unpaired) electrons. The van der Waals surface area contributed by atoms with E-state index in [1.165, 1.54) is 0 Å². The van der Waals surface area contributed by atoms with Crippen LogP contribution >= 0.6 is 0 Å². The summed E-state index contributed by atoms with van der Waals surface area (Å²) < 4.78 is 1.84. The highest BCUT2D eigenvalue weighted by atomic mass is 16.3. The Labute approximate surface area is 111 Å². The third kappa shape index (κ3) is 2.21. The maximum Gasteiger partial charge on any atom is 0.272 e. The highest BCUT2D eigenvalue weighted by molar-refractivity contribution is 5.93. The fraction of sp³-hybridized carbons (Fsp3) is 0.429. The zero-order chi connectivity index (χ0) is 13.4. The quantitative estimate of drug-likeness (QED) is 0.838. The zero-order valence-corrected chi connectivity index (χ0v) is 10.9. The smallest absolute Gasteiger partial charge is 0.272 e. The number of aromatic nitrogens is 2. The first-order valence-corrected chi connectivity index (χ1v) is 6.56. The van der Waals surface area contributed by atoms with E-state index < -0.39 is 0 Å².